The average molecular weight is 478 g/mol. The summed E-state index contributed by atoms with van der Waals surface area (Å²) in [6, 6.07) is 12.8. The van der Waals surface area contributed by atoms with Crippen molar-refractivity contribution in [3.05, 3.63) is 75.4 Å². The molecule has 1 aromatic heterocycles. The minimum absolute atomic E-state index is 0.207. The molecule has 7 heteroatoms. The van der Waals surface area contributed by atoms with Gasteiger partial charge in [-0.15, -0.1) is 0 Å². The third-order valence-corrected chi connectivity index (χ3v) is 4.57. The van der Waals surface area contributed by atoms with Crippen LogP contribution in [0.3, 0.4) is 0 Å². The Balaban J connectivity index is 1.69. The topological polar surface area (TPSA) is 63.8 Å². The van der Waals surface area contributed by atoms with Gasteiger partial charge in [0.2, 0.25) is 0 Å². The van der Waals surface area contributed by atoms with Gasteiger partial charge in [-0.05, 0) is 61.7 Å². The second-order valence-electron chi connectivity index (χ2n) is 5.26. The normalized spacial score (nSPS) is 11.0. The van der Waals surface area contributed by atoms with E-state index in [2.05, 4.69) is 49.0 Å². The van der Waals surface area contributed by atoms with Crippen LogP contribution >= 0.6 is 31.9 Å². The Bertz CT molecular complexity index is 939. The van der Waals surface area contributed by atoms with Crippen molar-refractivity contribution < 1.29 is 13.9 Å². The molecule has 3 rings (SSSR count). The second kappa shape index (κ2) is 8.33. The molecule has 0 aliphatic carbocycles. The minimum atomic E-state index is -0.415. The van der Waals surface area contributed by atoms with E-state index in [9.17, 15) is 4.79 Å². The molecule has 0 radical (unpaired) electrons. The molecule has 0 unspecified atom stereocenters. The van der Waals surface area contributed by atoms with Gasteiger partial charge in [0.25, 0.3) is 0 Å². The van der Waals surface area contributed by atoms with Crippen LogP contribution in [-0.2, 0) is 0 Å². The lowest BCUT2D eigenvalue weighted by Crippen LogP contribution is -2.16. The maximum Gasteiger partial charge on any atom is 0.307 e. The molecule has 1 heterocycles. The van der Waals surface area contributed by atoms with Crippen LogP contribution in [0.5, 0.6) is 5.75 Å². The number of furan rings is 1. The molecule has 0 aliphatic heterocycles. The standard InChI is InChI=1S/C19H14Br2N2O3/c1-2-7-25-18-14(20)8-12(9-15(18)21)11-22-23-19(24)17-10-13-5-3-4-6-16(13)26-17/h2-6,8-11H,1,7H2,(H,23,24)/b22-11-. The fourth-order valence-corrected chi connectivity index (χ4v) is 3.70. The van der Waals surface area contributed by atoms with Crippen molar-refractivity contribution in [2.75, 3.05) is 6.61 Å². The Labute approximate surface area is 167 Å². The van der Waals surface area contributed by atoms with Crippen molar-refractivity contribution in [2.24, 2.45) is 5.10 Å². The summed E-state index contributed by atoms with van der Waals surface area (Å²) in [5, 5.41) is 4.84. The average Bonchev–Trinajstić information content (AvgIpc) is 3.05. The molecule has 5 nitrogen and oxygen atoms in total. The summed E-state index contributed by atoms with van der Waals surface area (Å²) < 4.78 is 12.6. The lowest BCUT2D eigenvalue weighted by Gasteiger charge is -2.09. The quantitative estimate of drug-likeness (QED) is 0.298. The Hall–Kier alpha value is -2.38. The zero-order valence-electron chi connectivity index (χ0n) is 13.5. The number of rotatable bonds is 6. The lowest BCUT2D eigenvalue weighted by atomic mass is 10.2. The lowest BCUT2D eigenvalue weighted by molar-refractivity contribution is 0.0929. The number of hydrazone groups is 1. The predicted molar refractivity (Wildman–Crippen MR) is 109 cm³/mol. The van der Waals surface area contributed by atoms with Crippen molar-refractivity contribution in [3.63, 3.8) is 0 Å². The summed E-state index contributed by atoms with van der Waals surface area (Å²) in [7, 11) is 0. The Morgan fingerprint density at radius 2 is 1.96 bits per heavy atom. The van der Waals surface area contributed by atoms with Crippen LogP contribution in [0.4, 0.5) is 0 Å². The molecule has 0 saturated heterocycles. The fourth-order valence-electron chi connectivity index (χ4n) is 2.25. The number of benzene rings is 2. The van der Waals surface area contributed by atoms with Gasteiger partial charge in [-0.1, -0.05) is 30.9 Å². The number of fused-ring (bicyclic) bond motifs is 1. The molecule has 1 amide bonds. The van der Waals surface area contributed by atoms with Crippen LogP contribution < -0.4 is 10.2 Å². The third-order valence-electron chi connectivity index (χ3n) is 3.40. The van der Waals surface area contributed by atoms with Gasteiger partial charge in [0.15, 0.2) is 5.76 Å². The van der Waals surface area contributed by atoms with Crippen LogP contribution in [0.15, 0.2) is 73.6 Å². The Kier molecular flexibility index (Phi) is 5.90. The molecule has 0 atom stereocenters. The highest BCUT2D eigenvalue weighted by atomic mass is 79.9. The van der Waals surface area contributed by atoms with Gasteiger partial charge in [0.05, 0.1) is 15.2 Å². The summed E-state index contributed by atoms with van der Waals surface area (Å²) in [5.41, 5.74) is 3.89. The number of para-hydroxylation sites is 1. The van der Waals surface area contributed by atoms with Gasteiger partial charge in [-0.2, -0.15) is 5.10 Å². The number of carbonyl (C=O) groups is 1. The molecule has 0 spiro atoms. The molecule has 0 saturated carbocycles. The largest absolute Gasteiger partial charge is 0.487 e. The summed E-state index contributed by atoms with van der Waals surface area (Å²) in [4.78, 5) is 12.1. The van der Waals surface area contributed by atoms with Gasteiger partial charge >= 0.3 is 5.91 Å². The van der Waals surface area contributed by atoms with Crippen LogP contribution in [0, 0.1) is 0 Å². The maximum absolute atomic E-state index is 12.1. The Morgan fingerprint density at radius 1 is 1.23 bits per heavy atom. The summed E-state index contributed by atoms with van der Waals surface area (Å²) >= 11 is 6.90. The number of nitrogens with zero attached hydrogens (tertiary/aromatic N) is 1. The first-order chi connectivity index (χ1) is 12.6. The van der Waals surface area contributed by atoms with Gasteiger partial charge in [-0.3, -0.25) is 4.79 Å². The number of nitrogens with one attached hydrogen (secondary N) is 1. The van der Waals surface area contributed by atoms with E-state index in [4.69, 9.17) is 9.15 Å². The highest BCUT2D eigenvalue weighted by Gasteiger charge is 2.11. The molecular formula is C19H14Br2N2O3. The van der Waals surface area contributed by atoms with Crippen LogP contribution in [-0.4, -0.2) is 18.7 Å². The number of halogens is 2. The van der Waals surface area contributed by atoms with E-state index in [1.165, 1.54) is 6.21 Å². The van der Waals surface area contributed by atoms with Gasteiger partial charge in [0, 0.05) is 5.39 Å². The van der Waals surface area contributed by atoms with Crippen molar-refractivity contribution in [1.29, 1.82) is 0 Å². The zero-order chi connectivity index (χ0) is 18.5. The van der Waals surface area contributed by atoms with Crippen molar-refractivity contribution in [1.82, 2.24) is 5.43 Å². The SMILES string of the molecule is C=CCOc1c(Br)cc(/C=N\NC(=O)c2cc3ccccc3o2)cc1Br. The minimum Gasteiger partial charge on any atom is -0.487 e. The number of ether oxygens (including phenoxy) is 1. The first kappa shape index (κ1) is 18.4. The number of amides is 1. The fraction of sp³-hybridized carbons (Fsp3) is 0.0526. The van der Waals surface area contributed by atoms with Gasteiger partial charge in [-0.25, -0.2) is 5.43 Å². The summed E-state index contributed by atoms with van der Waals surface area (Å²) in [6.07, 6.45) is 3.20. The highest BCUT2D eigenvalue weighted by Crippen LogP contribution is 2.34. The van der Waals surface area contributed by atoms with E-state index in [1.807, 2.05) is 30.3 Å². The van der Waals surface area contributed by atoms with Crippen LogP contribution in [0.25, 0.3) is 11.0 Å². The van der Waals surface area contributed by atoms with Crippen LogP contribution in [0.1, 0.15) is 16.1 Å². The first-order valence-corrected chi connectivity index (χ1v) is 9.22. The second-order valence-corrected chi connectivity index (χ2v) is 6.97. The smallest absolute Gasteiger partial charge is 0.307 e. The van der Waals surface area contributed by atoms with E-state index in [0.717, 1.165) is 19.9 Å². The molecule has 0 bridgehead atoms. The molecule has 3 aromatic rings. The molecule has 26 heavy (non-hydrogen) atoms. The number of hydrogen-bond donors (Lipinski definition) is 1. The third kappa shape index (κ3) is 4.23. The van der Waals surface area contributed by atoms with Gasteiger partial charge < -0.3 is 9.15 Å². The predicted octanol–water partition coefficient (Wildman–Crippen LogP) is 5.29. The zero-order valence-corrected chi connectivity index (χ0v) is 16.7. The first-order valence-electron chi connectivity index (χ1n) is 7.63. The van der Waals surface area contributed by atoms with E-state index < -0.39 is 5.91 Å². The Morgan fingerprint density at radius 3 is 2.65 bits per heavy atom. The van der Waals surface area contributed by atoms with Crippen molar-refractivity contribution in [2.45, 2.75) is 0 Å². The maximum atomic E-state index is 12.1. The number of carbonyl (C=O) groups excluding carboxylic acids is 1. The molecular weight excluding hydrogens is 464 g/mol. The van der Waals surface area contributed by atoms with E-state index in [0.29, 0.717) is 17.9 Å². The van der Waals surface area contributed by atoms with Gasteiger partial charge in [0.1, 0.15) is 17.9 Å². The summed E-state index contributed by atoms with van der Waals surface area (Å²) in [5.74, 6) is 0.466. The molecule has 1 N–H and O–H groups in total. The molecule has 0 fully saturated rings. The van der Waals surface area contributed by atoms with Crippen molar-refractivity contribution >= 4 is 55.0 Å². The number of hydrogen-bond acceptors (Lipinski definition) is 4. The molecule has 2 aromatic carbocycles. The molecule has 132 valence electrons. The van der Waals surface area contributed by atoms with E-state index in [1.54, 1.807) is 18.2 Å². The summed E-state index contributed by atoms with van der Waals surface area (Å²) in [6.45, 7) is 4.02. The monoisotopic (exact) mass is 476 g/mol. The highest BCUT2D eigenvalue weighted by molar-refractivity contribution is 9.11. The molecule has 0 aliphatic rings. The van der Waals surface area contributed by atoms with E-state index >= 15 is 0 Å². The van der Waals surface area contributed by atoms with Crippen molar-refractivity contribution in [3.8, 4) is 5.75 Å². The van der Waals surface area contributed by atoms with Crippen LogP contribution in [0.2, 0.25) is 0 Å². The van der Waals surface area contributed by atoms with E-state index in [-0.39, 0.29) is 5.76 Å².